The van der Waals surface area contributed by atoms with Gasteiger partial charge >= 0.3 is 11.9 Å². The lowest BCUT2D eigenvalue weighted by molar-refractivity contribution is -0.387. The number of nitrogens with zero attached hydrogens (tertiary/aromatic N) is 3. The number of hydrazine groups is 1. The van der Waals surface area contributed by atoms with E-state index >= 15 is 0 Å². The second kappa shape index (κ2) is 14.7. The van der Waals surface area contributed by atoms with E-state index in [1.165, 1.54) is 40.8 Å². The molecule has 2 aromatic rings. The summed E-state index contributed by atoms with van der Waals surface area (Å²) in [7, 11) is 0. The van der Waals surface area contributed by atoms with E-state index in [1.807, 2.05) is 13.8 Å². The highest BCUT2D eigenvalue weighted by molar-refractivity contribution is 7.97. The standard InChI is InChI=1S/C24H30N4O8S2/c1-5-15(3)21(24(31)36-38-20-14-10-8-12-18(20)28(34)35)25-26(22(23(29)30)16(4)6-2)37-19-13-9-7-11-17(19)27(32)33/h7-16,21-22,25H,5-6H2,1-4H3,(H,29,30)/t15-,16+,21-,22+/m0/s1. The minimum atomic E-state index is -1.18. The Hall–Kier alpha value is -3.20. The van der Waals surface area contributed by atoms with E-state index in [4.69, 9.17) is 4.18 Å². The Kier molecular flexibility index (Phi) is 12.0. The zero-order valence-electron chi connectivity index (χ0n) is 21.3. The van der Waals surface area contributed by atoms with Gasteiger partial charge in [0.1, 0.15) is 33.9 Å². The molecule has 0 amide bonds. The molecule has 0 heterocycles. The van der Waals surface area contributed by atoms with E-state index < -0.39 is 39.8 Å². The number of carboxylic acid groups (broad SMARTS) is 1. The van der Waals surface area contributed by atoms with Crippen molar-refractivity contribution in [3.8, 4) is 0 Å². The summed E-state index contributed by atoms with van der Waals surface area (Å²) in [5.41, 5.74) is 2.52. The van der Waals surface area contributed by atoms with Crippen LogP contribution in [0.25, 0.3) is 0 Å². The average Bonchev–Trinajstić information content (AvgIpc) is 2.89. The Morgan fingerprint density at radius 3 is 1.95 bits per heavy atom. The molecule has 0 fully saturated rings. The van der Waals surface area contributed by atoms with Gasteiger partial charge in [0, 0.05) is 12.1 Å². The van der Waals surface area contributed by atoms with Crippen molar-refractivity contribution in [2.24, 2.45) is 11.8 Å². The molecular formula is C24H30N4O8S2. The Bertz CT molecular complexity index is 1150. The normalized spacial score (nSPS) is 14.3. The fourth-order valence-electron chi connectivity index (χ4n) is 3.35. The summed E-state index contributed by atoms with van der Waals surface area (Å²) in [6.07, 6.45) is 0.993. The number of hydrogen-bond donors (Lipinski definition) is 2. The molecule has 2 N–H and O–H groups in total. The highest BCUT2D eigenvalue weighted by Gasteiger charge is 2.37. The van der Waals surface area contributed by atoms with Crippen LogP contribution in [0.15, 0.2) is 58.3 Å². The minimum Gasteiger partial charge on any atom is -0.480 e. The smallest absolute Gasteiger partial charge is 0.337 e. The van der Waals surface area contributed by atoms with Crippen molar-refractivity contribution in [1.29, 1.82) is 0 Å². The molecule has 0 radical (unpaired) electrons. The molecule has 0 saturated heterocycles. The van der Waals surface area contributed by atoms with Gasteiger partial charge < -0.3 is 9.29 Å². The summed E-state index contributed by atoms with van der Waals surface area (Å²) in [6, 6.07) is 9.48. The lowest BCUT2D eigenvalue weighted by Crippen LogP contribution is -2.56. The van der Waals surface area contributed by atoms with E-state index in [0.717, 1.165) is 11.9 Å². The van der Waals surface area contributed by atoms with Crippen LogP contribution >= 0.6 is 24.0 Å². The molecule has 14 heteroatoms. The summed E-state index contributed by atoms with van der Waals surface area (Å²) in [5, 5.41) is 33.0. The highest BCUT2D eigenvalue weighted by atomic mass is 32.2. The minimum absolute atomic E-state index is 0.128. The first-order chi connectivity index (χ1) is 18.0. The van der Waals surface area contributed by atoms with Crippen LogP contribution in [-0.4, -0.2) is 43.4 Å². The Morgan fingerprint density at radius 1 is 0.947 bits per heavy atom. The molecule has 2 rings (SSSR count). The van der Waals surface area contributed by atoms with Gasteiger partial charge in [-0.2, -0.15) is 4.41 Å². The predicted molar refractivity (Wildman–Crippen MR) is 143 cm³/mol. The van der Waals surface area contributed by atoms with Crippen molar-refractivity contribution >= 4 is 47.3 Å². The predicted octanol–water partition coefficient (Wildman–Crippen LogP) is 5.48. The average molecular weight is 567 g/mol. The van der Waals surface area contributed by atoms with Crippen LogP contribution < -0.4 is 5.43 Å². The number of carbonyl (C=O) groups is 2. The highest BCUT2D eigenvalue weighted by Crippen LogP contribution is 2.35. The van der Waals surface area contributed by atoms with Gasteiger partial charge in [-0.3, -0.25) is 25.0 Å². The number of rotatable bonds is 15. The number of nitrogens with one attached hydrogen (secondary N) is 1. The summed E-state index contributed by atoms with van der Waals surface area (Å²) < 4.78 is 6.62. The van der Waals surface area contributed by atoms with Gasteiger partial charge in [0.2, 0.25) is 0 Å². The van der Waals surface area contributed by atoms with E-state index in [2.05, 4.69) is 5.43 Å². The number of benzene rings is 2. The van der Waals surface area contributed by atoms with Gasteiger partial charge in [0.25, 0.3) is 11.4 Å². The zero-order chi connectivity index (χ0) is 28.4. The molecule has 0 aromatic heterocycles. The van der Waals surface area contributed by atoms with Crippen molar-refractivity contribution in [3.05, 3.63) is 68.8 Å². The summed E-state index contributed by atoms with van der Waals surface area (Å²) >= 11 is 1.35. The molecule has 4 atom stereocenters. The number of hydrogen-bond acceptors (Lipinski definition) is 11. The summed E-state index contributed by atoms with van der Waals surface area (Å²) in [4.78, 5) is 47.6. The van der Waals surface area contributed by atoms with Crippen LogP contribution in [0, 0.1) is 32.1 Å². The Balaban J connectivity index is 2.41. The first-order valence-corrected chi connectivity index (χ1v) is 13.3. The monoisotopic (exact) mass is 566 g/mol. The molecule has 38 heavy (non-hydrogen) atoms. The van der Waals surface area contributed by atoms with Crippen LogP contribution in [0.5, 0.6) is 0 Å². The summed E-state index contributed by atoms with van der Waals surface area (Å²) in [6.45, 7) is 7.15. The van der Waals surface area contributed by atoms with Crippen molar-refractivity contribution < 1.29 is 28.7 Å². The summed E-state index contributed by atoms with van der Waals surface area (Å²) in [5.74, 6) is -2.70. The molecule has 0 aliphatic heterocycles. The van der Waals surface area contributed by atoms with Crippen LogP contribution in [0.1, 0.15) is 40.5 Å². The van der Waals surface area contributed by atoms with Crippen LogP contribution in [0.4, 0.5) is 11.4 Å². The first-order valence-electron chi connectivity index (χ1n) is 11.8. The molecule has 0 aliphatic rings. The third-order valence-electron chi connectivity index (χ3n) is 5.96. The number of nitro groups is 2. The molecule has 0 aliphatic carbocycles. The second-order valence-electron chi connectivity index (χ2n) is 8.51. The van der Waals surface area contributed by atoms with Gasteiger partial charge in [-0.25, -0.2) is 10.2 Å². The van der Waals surface area contributed by atoms with E-state index in [1.54, 1.807) is 26.0 Å². The molecule has 2 aromatic carbocycles. The van der Waals surface area contributed by atoms with E-state index in [0.29, 0.717) is 24.9 Å². The molecule has 206 valence electrons. The molecule has 0 unspecified atom stereocenters. The quantitative estimate of drug-likeness (QED) is 0.121. The zero-order valence-corrected chi connectivity index (χ0v) is 22.9. The maximum Gasteiger partial charge on any atom is 0.337 e. The SMILES string of the molecule is CC[C@@H](C)[C@H](C(=O)O)N(N[C@H](C(=O)OSc1ccccc1[N+](=O)[O-])[C@@H](C)CC)Sc1ccccc1[N+](=O)[O-]. The largest absolute Gasteiger partial charge is 0.480 e. The fourth-order valence-corrected chi connectivity index (χ4v) is 5.16. The van der Waals surface area contributed by atoms with Crippen molar-refractivity contribution in [3.63, 3.8) is 0 Å². The Morgan fingerprint density at radius 2 is 1.45 bits per heavy atom. The molecule has 0 spiro atoms. The lowest BCUT2D eigenvalue weighted by atomic mass is 9.98. The fraction of sp³-hybridized carbons (Fsp3) is 0.417. The molecular weight excluding hydrogens is 536 g/mol. The third-order valence-corrected chi connectivity index (χ3v) is 7.80. The van der Waals surface area contributed by atoms with Gasteiger partial charge in [-0.1, -0.05) is 64.8 Å². The number of carbonyl (C=O) groups excluding carboxylic acids is 1. The number of nitro benzene ring substituents is 2. The lowest BCUT2D eigenvalue weighted by Gasteiger charge is -2.35. The van der Waals surface area contributed by atoms with Crippen LogP contribution in [0.2, 0.25) is 0 Å². The second-order valence-corrected chi connectivity index (χ2v) is 10.3. The van der Waals surface area contributed by atoms with Crippen molar-refractivity contribution in [2.75, 3.05) is 0 Å². The number of para-hydroxylation sites is 2. The van der Waals surface area contributed by atoms with E-state index in [-0.39, 0.29) is 27.1 Å². The van der Waals surface area contributed by atoms with Crippen molar-refractivity contribution in [1.82, 2.24) is 9.84 Å². The number of carboxylic acids is 1. The topological polar surface area (TPSA) is 165 Å². The van der Waals surface area contributed by atoms with Gasteiger partial charge in [0.05, 0.1) is 9.85 Å². The van der Waals surface area contributed by atoms with E-state index in [9.17, 15) is 34.9 Å². The molecule has 0 bridgehead atoms. The maximum atomic E-state index is 13.2. The van der Waals surface area contributed by atoms with Crippen LogP contribution in [0.3, 0.4) is 0 Å². The first kappa shape index (κ1) is 31.0. The maximum absolute atomic E-state index is 13.2. The number of aliphatic carboxylic acids is 1. The van der Waals surface area contributed by atoms with Gasteiger partial charge in [-0.05, 0) is 35.9 Å². The molecule has 12 nitrogen and oxygen atoms in total. The third kappa shape index (κ3) is 8.15. The van der Waals surface area contributed by atoms with Gasteiger partial charge in [-0.15, -0.1) is 0 Å². The van der Waals surface area contributed by atoms with Gasteiger partial charge in [0.15, 0.2) is 0 Å². The Labute approximate surface area is 228 Å². The van der Waals surface area contributed by atoms with Crippen LogP contribution in [-0.2, 0) is 13.8 Å². The molecule has 0 saturated carbocycles. The van der Waals surface area contributed by atoms with Crippen molar-refractivity contribution in [2.45, 2.75) is 62.4 Å².